The standard InChI is InChI=1S/C20H17ClN2O2S/c1-2-12-23(14-18-9-10-19(21)26-18)20(24)15-5-7-16(8-6-15)25-17-4-3-11-22-13-17/h2-11,13H,1,12,14H2. The highest BCUT2D eigenvalue weighted by atomic mass is 35.5. The molecule has 0 radical (unpaired) electrons. The first-order chi connectivity index (χ1) is 12.7. The van der Waals surface area contributed by atoms with E-state index in [2.05, 4.69) is 11.6 Å². The van der Waals surface area contributed by atoms with Crippen molar-refractivity contribution in [2.75, 3.05) is 6.54 Å². The zero-order chi connectivity index (χ0) is 18.4. The largest absolute Gasteiger partial charge is 0.456 e. The minimum Gasteiger partial charge on any atom is -0.456 e. The molecule has 6 heteroatoms. The number of halogens is 1. The maximum atomic E-state index is 12.8. The van der Waals surface area contributed by atoms with E-state index in [1.165, 1.54) is 11.3 Å². The summed E-state index contributed by atoms with van der Waals surface area (Å²) in [7, 11) is 0. The predicted octanol–water partition coefficient (Wildman–Crippen LogP) is 5.42. The number of benzene rings is 1. The number of thiophene rings is 1. The van der Waals surface area contributed by atoms with Gasteiger partial charge in [0.05, 0.1) is 17.1 Å². The van der Waals surface area contributed by atoms with Gasteiger partial charge < -0.3 is 9.64 Å². The molecule has 0 N–H and O–H groups in total. The van der Waals surface area contributed by atoms with Crippen molar-refractivity contribution >= 4 is 28.8 Å². The molecular weight excluding hydrogens is 368 g/mol. The van der Waals surface area contributed by atoms with Crippen molar-refractivity contribution in [2.45, 2.75) is 6.54 Å². The highest BCUT2D eigenvalue weighted by Gasteiger charge is 2.16. The smallest absolute Gasteiger partial charge is 0.254 e. The van der Waals surface area contributed by atoms with Crippen molar-refractivity contribution in [1.82, 2.24) is 9.88 Å². The minimum absolute atomic E-state index is 0.0673. The average molecular weight is 385 g/mol. The van der Waals surface area contributed by atoms with Crippen LogP contribution in [0.15, 0.2) is 73.6 Å². The Morgan fingerprint density at radius 2 is 2.00 bits per heavy atom. The molecule has 0 aliphatic heterocycles. The number of ether oxygens (including phenoxy) is 1. The van der Waals surface area contributed by atoms with Gasteiger partial charge in [0, 0.05) is 23.2 Å². The molecule has 1 aromatic carbocycles. The molecule has 0 fully saturated rings. The summed E-state index contributed by atoms with van der Waals surface area (Å²) < 4.78 is 6.41. The minimum atomic E-state index is -0.0673. The number of carbonyl (C=O) groups is 1. The lowest BCUT2D eigenvalue weighted by Crippen LogP contribution is -2.30. The molecule has 1 amide bonds. The number of carbonyl (C=O) groups excluding carboxylic acids is 1. The van der Waals surface area contributed by atoms with E-state index in [1.807, 2.05) is 18.2 Å². The number of rotatable bonds is 7. The van der Waals surface area contributed by atoms with Crippen molar-refractivity contribution in [2.24, 2.45) is 0 Å². The quantitative estimate of drug-likeness (QED) is 0.511. The summed E-state index contributed by atoms with van der Waals surface area (Å²) in [6, 6.07) is 14.4. The average Bonchev–Trinajstić information content (AvgIpc) is 3.07. The van der Waals surface area contributed by atoms with E-state index >= 15 is 0 Å². The molecule has 0 bridgehead atoms. The molecule has 0 unspecified atom stereocenters. The molecule has 0 atom stereocenters. The van der Waals surface area contributed by atoms with Crippen molar-refractivity contribution in [1.29, 1.82) is 0 Å². The molecule has 132 valence electrons. The van der Waals surface area contributed by atoms with E-state index in [0.29, 0.717) is 34.5 Å². The van der Waals surface area contributed by atoms with Gasteiger partial charge >= 0.3 is 0 Å². The maximum absolute atomic E-state index is 12.8. The Morgan fingerprint density at radius 3 is 2.62 bits per heavy atom. The maximum Gasteiger partial charge on any atom is 0.254 e. The lowest BCUT2D eigenvalue weighted by atomic mass is 10.2. The first kappa shape index (κ1) is 18.2. The zero-order valence-electron chi connectivity index (χ0n) is 14.0. The van der Waals surface area contributed by atoms with Crippen LogP contribution in [0.1, 0.15) is 15.2 Å². The molecule has 4 nitrogen and oxygen atoms in total. The third-order valence-corrected chi connectivity index (χ3v) is 4.80. The molecule has 26 heavy (non-hydrogen) atoms. The lowest BCUT2D eigenvalue weighted by Gasteiger charge is -2.20. The van der Waals surface area contributed by atoms with Crippen LogP contribution in [0.4, 0.5) is 0 Å². The fourth-order valence-electron chi connectivity index (χ4n) is 2.39. The SMILES string of the molecule is C=CCN(Cc1ccc(Cl)s1)C(=O)c1ccc(Oc2cccnc2)cc1. The van der Waals surface area contributed by atoms with Gasteiger partial charge in [-0.15, -0.1) is 17.9 Å². The van der Waals surface area contributed by atoms with Crippen LogP contribution in [0.3, 0.4) is 0 Å². The number of aromatic nitrogens is 1. The first-order valence-corrected chi connectivity index (χ1v) is 9.17. The number of nitrogens with zero attached hydrogens (tertiary/aromatic N) is 2. The highest BCUT2D eigenvalue weighted by molar-refractivity contribution is 7.16. The molecule has 0 spiro atoms. The van der Waals surface area contributed by atoms with Crippen LogP contribution in [0.2, 0.25) is 4.34 Å². The van der Waals surface area contributed by atoms with Crippen LogP contribution < -0.4 is 4.74 Å². The number of amides is 1. The molecule has 3 aromatic rings. The third-order valence-electron chi connectivity index (χ3n) is 3.58. The summed E-state index contributed by atoms with van der Waals surface area (Å²) in [5, 5.41) is 0. The van der Waals surface area contributed by atoms with Gasteiger partial charge in [0.25, 0.3) is 5.91 Å². The molecule has 0 aliphatic carbocycles. The van der Waals surface area contributed by atoms with E-state index in [9.17, 15) is 4.79 Å². The van der Waals surface area contributed by atoms with Crippen LogP contribution in [-0.2, 0) is 6.54 Å². The van der Waals surface area contributed by atoms with Gasteiger partial charge in [0.15, 0.2) is 0 Å². The van der Waals surface area contributed by atoms with Gasteiger partial charge in [-0.1, -0.05) is 17.7 Å². The summed E-state index contributed by atoms with van der Waals surface area (Å²) in [5.41, 5.74) is 0.591. The summed E-state index contributed by atoms with van der Waals surface area (Å²) >= 11 is 7.45. The van der Waals surface area contributed by atoms with Gasteiger partial charge in [0.1, 0.15) is 11.5 Å². The van der Waals surface area contributed by atoms with Crippen molar-refractivity contribution in [3.8, 4) is 11.5 Å². The summed E-state index contributed by atoms with van der Waals surface area (Å²) in [5.74, 6) is 1.23. The molecule has 2 heterocycles. The van der Waals surface area contributed by atoms with Crippen LogP contribution >= 0.6 is 22.9 Å². The topological polar surface area (TPSA) is 42.4 Å². The Labute approximate surface area is 161 Å². The van der Waals surface area contributed by atoms with E-state index in [4.69, 9.17) is 16.3 Å². The second kappa shape index (κ2) is 8.65. The van der Waals surface area contributed by atoms with Crippen LogP contribution in [0.25, 0.3) is 0 Å². The normalized spacial score (nSPS) is 10.3. The van der Waals surface area contributed by atoms with Crippen LogP contribution in [0, 0.1) is 0 Å². The summed E-state index contributed by atoms with van der Waals surface area (Å²) in [6.07, 6.45) is 5.04. The zero-order valence-corrected chi connectivity index (χ0v) is 15.5. The summed E-state index contributed by atoms with van der Waals surface area (Å²) in [6.45, 7) is 4.70. The Balaban J connectivity index is 1.71. The number of pyridine rings is 1. The molecule has 2 aromatic heterocycles. The monoisotopic (exact) mass is 384 g/mol. The highest BCUT2D eigenvalue weighted by Crippen LogP contribution is 2.24. The number of hydrogen-bond acceptors (Lipinski definition) is 4. The third kappa shape index (κ3) is 4.71. The second-order valence-corrected chi connectivity index (χ2v) is 7.29. The van der Waals surface area contributed by atoms with E-state index in [1.54, 1.807) is 53.7 Å². The second-order valence-electron chi connectivity index (χ2n) is 5.50. The van der Waals surface area contributed by atoms with Gasteiger partial charge in [0.2, 0.25) is 0 Å². The Bertz CT molecular complexity index is 878. The van der Waals surface area contributed by atoms with Crippen molar-refractivity contribution in [3.05, 3.63) is 88.4 Å². The predicted molar refractivity (Wildman–Crippen MR) is 105 cm³/mol. The molecule has 0 aliphatic rings. The van der Waals surface area contributed by atoms with Crippen molar-refractivity contribution in [3.63, 3.8) is 0 Å². The Kier molecular flexibility index (Phi) is 6.04. The van der Waals surface area contributed by atoms with Gasteiger partial charge in [-0.25, -0.2) is 0 Å². The van der Waals surface area contributed by atoms with E-state index < -0.39 is 0 Å². The van der Waals surface area contributed by atoms with E-state index in [-0.39, 0.29) is 5.91 Å². The molecule has 3 rings (SSSR count). The number of hydrogen-bond donors (Lipinski definition) is 0. The van der Waals surface area contributed by atoms with E-state index in [0.717, 1.165) is 4.88 Å². The molecule has 0 saturated heterocycles. The first-order valence-electron chi connectivity index (χ1n) is 7.98. The molecular formula is C20H17ClN2O2S. The fourth-order valence-corrected chi connectivity index (χ4v) is 3.49. The Morgan fingerprint density at radius 1 is 1.19 bits per heavy atom. The lowest BCUT2D eigenvalue weighted by molar-refractivity contribution is 0.0764. The van der Waals surface area contributed by atoms with Crippen LogP contribution in [0.5, 0.6) is 11.5 Å². The van der Waals surface area contributed by atoms with Gasteiger partial charge in [-0.3, -0.25) is 9.78 Å². The summed E-state index contributed by atoms with van der Waals surface area (Å²) in [4.78, 5) is 19.6. The van der Waals surface area contributed by atoms with Crippen molar-refractivity contribution < 1.29 is 9.53 Å². The fraction of sp³-hybridized carbons (Fsp3) is 0.100. The van der Waals surface area contributed by atoms with Gasteiger partial charge in [-0.2, -0.15) is 0 Å². The Hall–Kier alpha value is -2.63. The van der Waals surface area contributed by atoms with Crippen LogP contribution in [-0.4, -0.2) is 22.3 Å². The van der Waals surface area contributed by atoms with Gasteiger partial charge in [-0.05, 0) is 48.5 Å². The molecule has 0 saturated carbocycles.